The highest BCUT2D eigenvalue weighted by molar-refractivity contribution is 7.08. The molecule has 0 N–H and O–H groups in total. The maximum Gasteiger partial charge on any atom is 0.254 e. The van der Waals surface area contributed by atoms with Gasteiger partial charge in [0.05, 0.1) is 17.4 Å². The van der Waals surface area contributed by atoms with E-state index in [0.717, 1.165) is 51.0 Å². The molecule has 24 heavy (non-hydrogen) atoms. The number of rotatable bonds is 2. The van der Waals surface area contributed by atoms with Gasteiger partial charge in [-0.2, -0.15) is 11.3 Å². The van der Waals surface area contributed by atoms with Crippen LogP contribution in [0.25, 0.3) is 0 Å². The zero-order chi connectivity index (χ0) is 16.4. The minimum atomic E-state index is 0.213. The molecule has 1 spiro atoms. The van der Waals surface area contributed by atoms with E-state index in [9.17, 15) is 4.79 Å². The summed E-state index contributed by atoms with van der Waals surface area (Å²) in [6, 6.07) is 6.08. The Balaban J connectivity index is 1.42. The molecule has 0 saturated carbocycles. The lowest BCUT2D eigenvalue weighted by Gasteiger charge is -2.48. The zero-order valence-electron chi connectivity index (χ0n) is 13.9. The number of likely N-dealkylation sites (tertiary alicyclic amines) is 1. The Morgan fingerprint density at radius 2 is 2.04 bits per heavy atom. The van der Waals surface area contributed by atoms with E-state index in [1.165, 1.54) is 12.1 Å². The van der Waals surface area contributed by atoms with Crippen LogP contribution in [-0.4, -0.2) is 42.0 Å². The predicted octanol–water partition coefficient (Wildman–Crippen LogP) is 3.67. The van der Waals surface area contributed by atoms with Crippen molar-refractivity contribution in [1.29, 1.82) is 0 Å². The van der Waals surface area contributed by atoms with Crippen LogP contribution < -0.4 is 4.90 Å². The predicted molar refractivity (Wildman–Crippen MR) is 97.6 cm³/mol. The number of carbonyl (C=O) groups is 1. The molecule has 0 unspecified atom stereocenters. The van der Waals surface area contributed by atoms with Gasteiger partial charge in [0.15, 0.2) is 0 Å². The van der Waals surface area contributed by atoms with Gasteiger partial charge >= 0.3 is 0 Å². The van der Waals surface area contributed by atoms with E-state index in [4.69, 9.17) is 0 Å². The average molecular weight is 341 g/mol. The molecule has 0 aliphatic carbocycles. The number of nitrogens with zero attached hydrogens (tertiary/aromatic N) is 3. The number of piperidine rings is 2. The first-order valence-corrected chi connectivity index (χ1v) is 9.67. The Hall–Kier alpha value is -1.88. The van der Waals surface area contributed by atoms with Crippen molar-refractivity contribution >= 4 is 22.9 Å². The van der Waals surface area contributed by atoms with Crippen LogP contribution in [0.2, 0.25) is 0 Å². The molecule has 4 nitrogen and oxygen atoms in total. The Bertz CT molecular complexity index is 678. The molecule has 2 fully saturated rings. The molecule has 0 aromatic carbocycles. The molecule has 2 aliphatic heterocycles. The Morgan fingerprint density at radius 3 is 2.75 bits per heavy atom. The lowest BCUT2D eigenvalue weighted by molar-refractivity contribution is 0.0435. The number of hydrogen-bond acceptors (Lipinski definition) is 4. The molecule has 2 aromatic rings. The molecule has 126 valence electrons. The van der Waals surface area contributed by atoms with Crippen molar-refractivity contribution in [1.82, 2.24) is 9.88 Å². The molecular weight excluding hydrogens is 318 g/mol. The van der Waals surface area contributed by atoms with Crippen molar-refractivity contribution in [2.45, 2.75) is 25.7 Å². The van der Waals surface area contributed by atoms with Crippen LogP contribution in [0.4, 0.5) is 5.69 Å². The van der Waals surface area contributed by atoms with Crippen molar-refractivity contribution in [2.75, 3.05) is 31.1 Å². The van der Waals surface area contributed by atoms with Gasteiger partial charge in [-0.25, -0.2) is 0 Å². The highest BCUT2D eigenvalue weighted by Gasteiger charge is 2.39. The normalized spacial score (nSPS) is 20.3. The van der Waals surface area contributed by atoms with E-state index in [0.29, 0.717) is 5.41 Å². The first kappa shape index (κ1) is 15.6. The van der Waals surface area contributed by atoms with Crippen LogP contribution in [-0.2, 0) is 0 Å². The van der Waals surface area contributed by atoms with Crippen molar-refractivity contribution in [3.8, 4) is 0 Å². The lowest BCUT2D eigenvalue weighted by atomic mass is 9.72. The monoisotopic (exact) mass is 341 g/mol. The van der Waals surface area contributed by atoms with Gasteiger partial charge in [0, 0.05) is 37.8 Å². The SMILES string of the molecule is O=C(c1ccsc1)N1CCCC2(CCN(c3cccnc3)CC2)C1. The van der Waals surface area contributed by atoms with E-state index in [1.54, 1.807) is 11.3 Å². The molecule has 2 aromatic heterocycles. The minimum absolute atomic E-state index is 0.213. The van der Waals surface area contributed by atoms with Crippen LogP contribution in [0.15, 0.2) is 41.4 Å². The summed E-state index contributed by atoms with van der Waals surface area (Å²) in [5.41, 5.74) is 2.38. The molecular formula is C19H23N3OS. The molecule has 5 heteroatoms. The number of anilines is 1. The van der Waals surface area contributed by atoms with Crippen LogP contribution in [0.3, 0.4) is 0 Å². The summed E-state index contributed by atoms with van der Waals surface area (Å²) < 4.78 is 0. The zero-order valence-corrected chi connectivity index (χ0v) is 14.7. The molecule has 1 amide bonds. The first-order valence-electron chi connectivity index (χ1n) is 8.72. The molecule has 4 rings (SSSR count). The van der Waals surface area contributed by atoms with Gasteiger partial charge in [-0.15, -0.1) is 0 Å². The Labute approximate surface area is 147 Å². The third-order valence-corrected chi connectivity index (χ3v) is 6.24. The van der Waals surface area contributed by atoms with Crippen molar-refractivity contribution in [2.24, 2.45) is 5.41 Å². The minimum Gasteiger partial charge on any atom is -0.370 e. The molecule has 0 radical (unpaired) electrons. The molecule has 2 aliphatic rings. The molecule has 0 atom stereocenters. The molecule has 4 heterocycles. The first-order chi connectivity index (χ1) is 11.8. The van der Waals surface area contributed by atoms with E-state index < -0.39 is 0 Å². The summed E-state index contributed by atoms with van der Waals surface area (Å²) >= 11 is 1.60. The second-order valence-electron chi connectivity index (χ2n) is 7.04. The summed E-state index contributed by atoms with van der Waals surface area (Å²) in [4.78, 5) is 21.4. The number of hydrogen-bond donors (Lipinski definition) is 0. The van der Waals surface area contributed by atoms with E-state index in [2.05, 4.69) is 20.9 Å². The number of aromatic nitrogens is 1. The van der Waals surface area contributed by atoms with Crippen molar-refractivity contribution in [3.63, 3.8) is 0 Å². The topological polar surface area (TPSA) is 36.4 Å². The van der Waals surface area contributed by atoms with Crippen molar-refractivity contribution < 1.29 is 4.79 Å². The molecule has 2 saturated heterocycles. The van der Waals surface area contributed by atoms with Gasteiger partial charge in [0.2, 0.25) is 0 Å². The second kappa shape index (κ2) is 6.55. The van der Waals surface area contributed by atoms with Gasteiger partial charge in [0.25, 0.3) is 5.91 Å². The van der Waals surface area contributed by atoms with Crippen molar-refractivity contribution in [3.05, 3.63) is 46.9 Å². The number of pyridine rings is 1. The highest BCUT2D eigenvalue weighted by Crippen LogP contribution is 2.41. The summed E-state index contributed by atoms with van der Waals surface area (Å²) in [6.45, 7) is 3.95. The average Bonchev–Trinajstić information content (AvgIpc) is 3.17. The molecule has 0 bridgehead atoms. The Morgan fingerprint density at radius 1 is 1.17 bits per heavy atom. The fourth-order valence-electron chi connectivity index (χ4n) is 4.14. The van der Waals surface area contributed by atoms with Crippen LogP contribution in [0.1, 0.15) is 36.0 Å². The standard InChI is InChI=1S/C19H23N3OS/c23-18(16-4-12-24-14-16)22-9-2-5-19(15-22)6-10-21(11-7-19)17-3-1-8-20-13-17/h1,3-4,8,12-14H,2,5-7,9-11,15H2. The van der Waals surface area contributed by atoms with E-state index >= 15 is 0 Å². The quantitative estimate of drug-likeness (QED) is 0.836. The van der Waals surface area contributed by atoms with Crippen LogP contribution in [0.5, 0.6) is 0 Å². The van der Waals surface area contributed by atoms with Gasteiger partial charge in [-0.05, 0) is 54.7 Å². The van der Waals surface area contributed by atoms with Gasteiger partial charge < -0.3 is 9.80 Å². The number of carbonyl (C=O) groups excluding carboxylic acids is 1. The fraction of sp³-hybridized carbons (Fsp3) is 0.474. The maximum atomic E-state index is 12.7. The maximum absolute atomic E-state index is 12.7. The van der Waals surface area contributed by atoms with E-state index in [1.807, 2.05) is 35.3 Å². The summed E-state index contributed by atoms with van der Waals surface area (Å²) in [5, 5.41) is 3.95. The van der Waals surface area contributed by atoms with Gasteiger partial charge in [-0.1, -0.05) is 0 Å². The van der Waals surface area contributed by atoms with Crippen LogP contribution in [0, 0.1) is 5.41 Å². The second-order valence-corrected chi connectivity index (χ2v) is 7.82. The fourth-order valence-corrected chi connectivity index (χ4v) is 4.77. The highest BCUT2D eigenvalue weighted by atomic mass is 32.1. The largest absolute Gasteiger partial charge is 0.370 e. The smallest absolute Gasteiger partial charge is 0.254 e. The summed E-state index contributed by atoms with van der Waals surface area (Å²) in [7, 11) is 0. The Kier molecular flexibility index (Phi) is 4.27. The van der Waals surface area contributed by atoms with Gasteiger partial charge in [-0.3, -0.25) is 9.78 Å². The third-order valence-electron chi connectivity index (χ3n) is 5.55. The summed E-state index contributed by atoms with van der Waals surface area (Å²) in [5.74, 6) is 0.213. The number of amides is 1. The summed E-state index contributed by atoms with van der Waals surface area (Å²) in [6.07, 6.45) is 8.48. The number of thiophene rings is 1. The lowest BCUT2D eigenvalue weighted by Crippen LogP contribution is -2.51. The van der Waals surface area contributed by atoms with Gasteiger partial charge in [0.1, 0.15) is 0 Å². The van der Waals surface area contributed by atoms with Crippen LogP contribution >= 0.6 is 11.3 Å². The van der Waals surface area contributed by atoms with E-state index in [-0.39, 0.29) is 5.91 Å². The third kappa shape index (κ3) is 3.05.